The molecule has 2 atom stereocenters. The average molecular weight is 215 g/mol. The Hall–Kier alpha value is -1.81. The predicted molar refractivity (Wildman–Crippen MR) is 59.6 cm³/mol. The molecule has 0 amide bonds. The van der Waals surface area contributed by atoms with E-state index in [0.29, 0.717) is 5.82 Å². The van der Waals surface area contributed by atoms with Crippen molar-refractivity contribution in [3.63, 3.8) is 0 Å². The van der Waals surface area contributed by atoms with Crippen molar-refractivity contribution in [2.75, 3.05) is 0 Å². The number of aliphatic hydroxyl groups excluding tert-OH is 1. The minimum atomic E-state index is -0.691. The first-order valence-corrected chi connectivity index (χ1v) is 5.14. The molecule has 0 saturated carbocycles. The van der Waals surface area contributed by atoms with Gasteiger partial charge in [-0.2, -0.15) is 0 Å². The zero-order valence-electron chi connectivity index (χ0n) is 8.99. The van der Waals surface area contributed by atoms with Crippen LogP contribution in [0.5, 0.6) is 0 Å². The monoisotopic (exact) mass is 215 g/mol. The van der Waals surface area contributed by atoms with E-state index in [2.05, 4.69) is 15.0 Å². The second-order valence-corrected chi connectivity index (χ2v) is 3.62. The summed E-state index contributed by atoms with van der Waals surface area (Å²) in [7, 11) is 0. The van der Waals surface area contributed by atoms with E-state index in [1.807, 2.05) is 19.1 Å². The predicted octanol–water partition coefficient (Wildman–Crippen LogP) is 1.71. The van der Waals surface area contributed by atoms with Gasteiger partial charge in [-0.25, -0.2) is 9.97 Å². The summed E-state index contributed by atoms with van der Waals surface area (Å²) < 4.78 is 0. The summed E-state index contributed by atoms with van der Waals surface area (Å²) in [5, 5.41) is 10.1. The Morgan fingerprint density at radius 1 is 1.06 bits per heavy atom. The van der Waals surface area contributed by atoms with Crippen molar-refractivity contribution in [1.82, 2.24) is 15.0 Å². The summed E-state index contributed by atoms with van der Waals surface area (Å²) in [5.74, 6) is 0.400. The molecule has 0 bridgehead atoms. The number of rotatable bonds is 3. The van der Waals surface area contributed by atoms with Crippen LogP contribution in [-0.4, -0.2) is 20.1 Å². The van der Waals surface area contributed by atoms with Gasteiger partial charge in [0.25, 0.3) is 0 Å². The Labute approximate surface area is 94.0 Å². The Kier molecular flexibility index (Phi) is 3.22. The number of nitrogens with zero attached hydrogens (tertiary/aromatic N) is 3. The molecule has 2 rings (SSSR count). The van der Waals surface area contributed by atoms with Crippen LogP contribution < -0.4 is 0 Å². The van der Waals surface area contributed by atoms with Crippen LogP contribution in [0.3, 0.4) is 0 Å². The Balaban J connectivity index is 2.20. The SMILES string of the molecule is CC(c1ccncc1)C(O)c1ncccn1. The van der Waals surface area contributed by atoms with Gasteiger partial charge in [-0.1, -0.05) is 6.92 Å². The molecule has 0 radical (unpaired) electrons. The third kappa shape index (κ3) is 2.23. The lowest BCUT2D eigenvalue weighted by Gasteiger charge is -2.17. The maximum absolute atomic E-state index is 10.1. The van der Waals surface area contributed by atoms with Crippen LogP contribution in [0.2, 0.25) is 0 Å². The molecule has 16 heavy (non-hydrogen) atoms. The second kappa shape index (κ2) is 4.81. The van der Waals surface area contributed by atoms with Gasteiger partial charge < -0.3 is 5.11 Å². The van der Waals surface area contributed by atoms with Gasteiger partial charge in [0, 0.05) is 30.7 Å². The van der Waals surface area contributed by atoms with Crippen molar-refractivity contribution in [2.24, 2.45) is 0 Å². The molecule has 0 aliphatic heterocycles. The van der Waals surface area contributed by atoms with E-state index in [4.69, 9.17) is 0 Å². The highest BCUT2D eigenvalue weighted by Crippen LogP contribution is 2.27. The Morgan fingerprint density at radius 2 is 1.69 bits per heavy atom. The Bertz CT molecular complexity index is 389. The Morgan fingerprint density at radius 3 is 2.31 bits per heavy atom. The van der Waals surface area contributed by atoms with Crippen molar-refractivity contribution >= 4 is 0 Å². The first-order valence-electron chi connectivity index (χ1n) is 5.14. The number of aliphatic hydroxyl groups is 1. The first-order chi connectivity index (χ1) is 7.79. The van der Waals surface area contributed by atoms with E-state index in [1.165, 1.54) is 0 Å². The van der Waals surface area contributed by atoms with E-state index in [9.17, 15) is 5.11 Å². The van der Waals surface area contributed by atoms with Crippen molar-refractivity contribution in [2.45, 2.75) is 18.9 Å². The average Bonchev–Trinajstić information content (AvgIpc) is 2.39. The fraction of sp³-hybridized carbons (Fsp3) is 0.250. The summed E-state index contributed by atoms with van der Waals surface area (Å²) in [6, 6.07) is 5.50. The zero-order chi connectivity index (χ0) is 11.4. The smallest absolute Gasteiger partial charge is 0.157 e. The minimum Gasteiger partial charge on any atom is -0.384 e. The fourth-order valence-corrected chi connectivity index (χ4v) is 1.54. The van der Waals surface area contributed by atoms with Crippen LogP contribution in [0, 0.1) is 0 Å². The number of hydrogen-bond donors (Lipinski definition) is 1. The van der Waals surface area contributed by atoms with Gasteiger partial charge in [-0.3, -0.25) is 4.98 Å². The molecule has 2 unspecified atom stereocenters. The van der Waals surface area contributed by atoms with Crippen molar-refractivity contribution in [1.29, 1.82) is 0 Å². The topological polar surface area (TPSA) is 58.9 Å². The van der Waals surface area contributed by atoms with Gasteiger partial charge in [0.1, 0.15) is 6.10 Å². The summed E-state index contributed by atoms with van der Waals surface area (Å²) in [6.45, 7) is 1.94. The highest BCUT2D eigenvalue weighted by Gasteiger charge is 2.19. The molecule has 0 spiro atoms. The molecule has 1 N–H and O–H groups in total. The van der Waals surface area contributed by atoms with E-state index in [1.54, 1.807) is 30.9 Å². The van der Waals surface area contributed by atoms with Crippen molar-refractivity contribution < 1.29 is 5.11 Å². The molecular formula is C12H13N3O. The lowest BCUT2D eigenvalue weighted by molar-refractivity contribution is 0.142. The molecule has 4 nitrogen and oxygen atoms in total. The van der Waals surface area contributed by atoms with Crippen molar-refractivity contribution in [3.05, 3.63) is 54.4 Å². The first kappa shape index (κ1) is 10.7. The van der Waals surface area contributed by atoms with Crippen molar-refractivity contribution in [3.8, 4) is 0 Å². The lowest BCUT2D eigenvalue weighted by Crippen LogP contribution is -2.10. The normalized spacial score (nSPS) is 14.4. The number of hydrogen-bond acceptors (Lipinski definition) is 4. The van der Waals surface area contributed by atoms with Crippen LogP contribution >= 0.6 is 0 Å². The lowest BCUT2D eigenvalue weighted by atomic mass is 9.96. The molecule has 0 aliphatic rings. The van der Waals surface area contributed by atoms with E-state index in [0.717, 1.165) is 5.56 Å². The van der Waals surface area contributed by atoms with Gasteiger partial charge in [-0.05, 0) is 23.8 Å². The van der Waals surface area contributed by atoms with Crippen LogP contribution in [0.25, 0.3) is 0 Å². The molecule has 2 heterocycles. The van der Waals surface area contributed by atoms with Gasteiger partial charge in [0.15, 0.2) is 5.82 Å². The summed E-state index contributed by atoms with van der Waals surface area (Å²) in [6.07, 6.45) is 5.99. The maximum Gasteiger partial charge on any atom is 0.157 e. The van der Waals surface area contributed by atoms with Crippen LogP contribution in [-0.2, 0) is 0 Å². The summed E-state index contributed by atoms with van der Waals surface area (Å²) in [5.41, 5.74) is 1.02. The van der Waals surface area contributed by atoms with Crippen LogP contribution in [0.15, 0.2) is 43.0 Å². The minimum absolute atomic E-state index is 0.0506. The molecule has 0 aromatic carbocycles. The molecule has 0 saturated heterocycles. The zero-order valence-corrected chi connectivity index (χ0v) is 8.99. The molecule has 0 fully saturated rings. The van der Waals surface area contributed by atoms with E-state index >= 15 is 0 Å². The van der Waals surface area contributed by atoms with E-state index in [-0.39, 0.29) is 5.92 Å². The highest BCUT2D eigenvalue weighted by atomic mass is 16.3. The largest absolute Gasteiger partial charge is 0.384 e. The third-order valence-electron chi connectivity index (χ3n) is 2.56. The second-order valence-electron chi connectivity index (χ2n) is 3.62. The standard InChI is InChI=1S/C12H13N3O/c1-9(10-3-7-13-8-4-10)11(16)12-14-5-2-6-15-12/h2-9,11,16H,1H3. The molecule has 0 aliphatic carbocycles. The summed E-state index contributed by atoms with van der Waals surface area (Å²) in [4.78, 5) is 12.0. The quantitative estimate of drug-likeness (QED) is 0.846. The molecule has 82 valence electrons. The molecule has 4 heteroatoms. The third-order valence-corrected chi connectivity index (χ3v) is 2.56. The van der Waals surface area contributed by atoms with Crippen LogP contribution in [0.4, 0.5) is 0 Å². The molecular weight excluding hydrogens is 202 g/mol. The van der Waals surface area contributed by atoms with E-state index < -0.39 is 6.10 Å². The maximum atomic E-state index is 10.1. The molecule has 2 aromatic heterocycles. The van der Waals surface area contributed by atoms with Gasteiger partial charge >= 0.3 is 0 Å². The fourth-order valence-electron chi connectivity index (χ4n) is 1.54. The van der Waals surface area contributed by atoms with Gasteiger partial charge in [0.05, 0.1) is 0 Å². The summed E-state index contributed by atoms with van der Waals surface area (Å²) >= 11 is 0. The van der Waals surface area contributed by atoms with Gasteiger partial charge in [-0.15, -0.1) is 0 Å². The van der Waals surface area contributed by atoms with Crippen LogP contribution in [0.1, 0.15) is 30.3 Å². The number of pyridine rings is 1. The number of aromatic nitrogens is 3. The van der Waals surface area contributed by atoms with Gasteiger partial charge in [0.2, 0.25) is 0 Å². The highest BCUT2D eigenvalue weighted by molar-refractivity contribution is 5.18. The molecule has 2 aromatic rings.